The highest BCUT2D eigenvalue weighted by Crippen LogP contribution is 2.12. The van der Waals surface area contributed by atoms with Crippen LogP contribution in [0.1, 0.15) is 20.3 Å². The second-order valence-electron chi connectivity index (χ2n) is 4.20. The Bertz CT molecular complexity index is 383. The predicted molar refractivity (Wildman–Crippen MR) is 69.1 cm³/mol. The fraction of sp³-hybridized carbons (Fsp3) is 0.462. The van der Waals surface area contributed by atoms with Gasteiger partial charge in [0.05, 0.1) is 12.3 Å². The Hall–Kier alpha value is -1.62. The van der Waals surface area contributed by atoms with E-state index in [2.05, 4.69) is 10.6 Å². The predicted octanol–water partition coefficient (Wildman–Crippen LogP) is 2.76. The van der Waals surface area contributed by atoms with Crippen LogP contribution in [0, 0.1) is 5.82 Å². The molecule has 0 spiro atoms. The van der Waals surface area contributed by atoms with Crippen molar-refractivity contribution in [2.45, 2.75) is 26.3 Å². The summed E-state index contributed by atoms with van der Waals surface area (Å²) in [6, 6.07) is 6.38. The highest BCUT2D eigenvalue weighted by atomic mass is 19.1. The van der Waals surface area contributed by atoms with Gasteiger partial charge in [0.15, 0.2) is 0 Å². The van der Waals surface area contributed by atoms with Crippen molar-refractivity contribution in [3.8, 4) is 0 Å². The van der Waals surface area contributed by atoms with Gasteiger partial charge >= 0.3 is 6.09 Å². The van der Waals surface area contributed by atoms with E-state index in [1.807, 2.05) is 13.8 Å². The quantitative estimate of drug-likeness (QED) is 0.767. The van der Waals surface area contributed by atoms with Crippen LogP contribution in [-0.2, 0) is 4.74 Å². The second kappa shape index (κ2) is 7.66. The molecule has 2 N–H and O–H groups in total. The summed E-state index contributed by atoms with van der Waals surface area (Å²) < 4.78 is 18.1. The number of amides is 1. The van der Waals surface area contributed by atoms with Crippen LogP contribution in [0.4, 0.5) is 14.9 Å². The molecule has 0 bridgehead atoms. The van der Waals surface area contributed by atoms with Crippen LogP contribution in [0.2, 0.25) is 0 Å². The average Bonchev–Trinajstić information content (AvgIpc) is 2.31. The van der Waals surface area contributed by atoms with Crippen molar-refractivity contribution in [1.82, 2.24) is 5.32 Å². The summed E-state index contributed by atoms with van der Waals surface area (Å²) in [5.74, 6) is -0.476. The van der Waals surface area contributed by atoms with Crippen molar-refractivity contribution in [1.29, 1.82) is 0 Å². The lowest BCUT2D eigenvalue weighted by molar-refractivity contribution is 0.159. The van der Waals surface area contributed by atoms with Gasteiger partial charge in [-0.25, -0.2) is 9.18 Å². The van der Waals surface area contributed by atoms with Gasteiger partial charge in [0.1, 0.15) is 5.82 Å². The number of benzene rings is 1. The molecule has 0 aliphatic rings. The number of ether oxygens (including phenoxy) is 1. The van der Waals surface area contributed by atoms with Crippen LogP contribution in [0.15, 0.2) is 24.3 Å². The third-order valence-corrected chi connectivity index (χ3v) is 2.22. The molecule has 18 heavy (non-hydrogen) atoms. The van der Waals surface area contributed by atoms with E-state index in [9.17, 15) is 9.18 Å². The van der Waals surface area contributed by atoms with Crippen molar-refractivity contribution in [3.05, 3.63) is 30.1 Å². The van der Waals surface area contributed by atoms with Crippen molar-refractivity contribution in [2.75, 3.05) is 18.5 Å². The number of carbonyl (C=O) groups excluding carboxylic acids is 1. The van der Waals surface area contributed by atoms with Crippen LogP contribution in [0.25, 0.3) is 0 Å². The lowest BCUT2D eigenvalue weighted by Crippen LogP contribution is -2.25. The summed E-state index contributed by atoms with van der Waals surface area (Å²) in [4.78, 5) is 11.3. The van der Waals surface area contributed by atoms with Crippen molar-refractivity contribution in [2.24, 2.45) is 0 Å². The fourth-order valence-electron chi connectivity index (χ4n) is 1.34. The van der Waals surface area contributed by atoms with Gasteiger partial charge in [0.25, 0.3) is 0 Å². The van der Waals surface area contributed by atoms with E-state index in [0.29, 0.717) is 12.6 Å². The van der Waals surface area contributed by atoms with E-state index in [0.717, 1.165) is 13.0 Å². The number of halogens is 1. The van der Waals surface area contributed by atoms with Gasteiger partial charge in [-0.05, 0) is 25.1 Å². The highest BCUT2D eigenvalue weighted by Gasteiger charge is 2.06. The highest BCUT2D eigenvalue weighted by molar-refractivity contribution is 5.84. The standard InChI is InChI=1S/C13H19FN2O2/c1-10(2)15-8-5-9-18-13(17)16-12-7-4-3-6-11(12)14/h3-4,6-7,10,15H,5,8-9H2,1-2H3,(H,16,17). The van der Waals surface area contributed by atoms with E-state index in [1.165, 1.54) is 12.1 Å². The largest absolute Gasteiger partial charge is 0.449 e. The molecule has 0 saturated heterocycles. The zero-order chi connectivity index (χ0) is 13.4. The molecule has 100 valence electrons. The lowest BCUT2D eigenvalue weighted by atomic mass is 10.3. The molecule has 5 heteroatoms. The molecule has 1 aromatic carbocycles. The SMILES string of the molecule is CC(C)NCCCOC(=O)Nc1ccccc1F. The van der Waals surface area contributed by atoms with Crippen LogP contribution in [0.5, 0.6) is 0 Å². The molecule has 0 heterocycles. The molecule has 0 aliphatic heterocycles. The third-order valence-electron chi connectivity index (χ3n) is 2.22. The Balaban J connectivity index is 2.20. The minimum absolute atomic E-state index is 0.128. The number of carbonyl (C=O) groups is 1. The number of rotatable bonds is 6. The maximum atomic E-state index is 13.2. The first-order chi connectivity index (χ1) is 8.59. The zero-order valence-electron chi connectivity index (χ0n) is 10.7. The van der Waals surface area contributed by atoms with E-state index < -0.39 is 11.9 Å². The van der Waals surface area contributed by atoms with Crippen LogP contribution < -0.4 is 10.6 Å². The van der Waals surface area contributed by atoms with Gasteiger partial charge < -0.3 is 10.1 Å². The van der Waals surface area contributed by atoms with Gasteiger partial charge in [0, 0.05) is 6.04 Å². The Morgan fingerprint density at radius 2 is 2.11 bits per heavy atom. The minimum Gasteiger partial charge on any atom is -0.449 e. The average molecular weight is 254 g/mol. The molecule has 0 atom stereocenters. The molecule has 0 unspecified atom stereocenters. The van der Waals surface area contributed by atoms with Gasteiger partial charge in [-0.3, -0.25) is 5.32 Å². The normalized spacial score (nSPS) is 10.4. The monoisotopic (exact) mass is 254 g/mol. The number of hydrogen-bond acceptors (Lipinski definition) is 3. The summed E-state index contributed by atoms with van der Waals surface area (Å²) in [5, 5.41) is 5.56. The van der Waals surface area contributed by atoms with Crippen molar-refractivity contribution >= 4 is 11.8 Å². The smallest absolute Gasteiger partial charge is 0.411 e. The molecule has 0 aliphatic carbocycles. The van der Waals surface area contributed by atoms with Gasteiger partial charge in [-0.1, -0.05) is 26.0 Å². The Morgan fingerprint density at radius 1 is 1.39 bits per heavy atom. The first kappa shape index (κ1) is 14.4. The van der Waals surface area contributed by atoms with E-state index in [4.69, 9.17) is 4.74 Å². The molecule has 1 rings (SSSR count). The first-order valence-corrected chi connectivity index (χ1v) is 6.01. The second-order valence-corrected chi connectivity index (χ2v) is 4.20. The lowest BCUT2D eigenvalue weighted by Gasteiger charge is -2.09. The molecule has 0 radical (unpaired) electrons. The first-order valence-electron chi connectivity index (χ1n) is 6.01. The minimum atomic E-state index is -0.635. The molecular weight excluding hydrogens is 235 g/mol. The summed E-state index contributed by atoms with van der Waals surface area (Å²) in [6.45, 7) is 5.18. The number of hydrogen-bond donors (Lipinski definition) is 2. The summed E-state index contributed by atoms with van der Waals surface area (Å²) in [6.07, 6.45) is 0.0905. The maximum Gasteiger partial charge on any atom is 0.411 e. The van der Waals surface area contributed by atoms with E-state index >= 15 is 0 Å². The Kier molecular flexibility index (Phi) is 6.14. The fourth-order valence-corrected chi connectivity index (χ4v) is 1.34. The molecule has 1 aromatic rings. The van der Waals surface area contributed by atoms with Crippen LogP contribution in [-0.4, -0.2) is 25.3 Å². The van der Waals surface area contributed by atoms with Crippen molar-refractivity contribution in [3.63, 3.8) is 0 Å². The van der Waals surface area contributed by atoms with Crippen molar-refractivity contribution < 1.29 is 13.9 Å². The van der Waals surface area contributed by atoms with Gasteiger partial charge in [-0.15, -0.1) is 0 Å². The number of para-hydroxylation sites is 1. The third kappa shape index (κ3) is 5.63. The van der Waals surface area contributed by atoms with E-state index in [1.54, 1.807) is 12.1 Å². The molecule has 0 fully saturated rings. The summed E-state index contributed by atoms with van der Waals surface area (Å²) >= 11 is 0. The Morgan fingerprint density at radius 3 is 2.78 bits per heavy atom. The molecular formula is C13H19FN2O2. The molecule has 0 aromatic heterocycles. The van der Waals surface area contributed by atoms with E-state index in [-0.39, 0.29) is 5.69 Å². The molecule has 0 saturated carbocycles. The zero-order valence-corrected chi connectivity index (χ0v) is 10.7. The Labute approximate surface area is 107 Å². The summed E-state index contributed by atoms with van der Waals surface area (Å²) in [5.41, 5.74) is 0.128. The number of nitrogens with one attached hydrogen (secondary N) is 2. The number of anilines is 1. The molecule has 4 nitrogen and oxygen atoms in total. The van der Waals surface area contributed by atoms with Gasteiger partial charge in [0.2, 0.25) is 0 Å². The maximum absolute atomic E-state index is 13.2. The van der Waals surface area contributed by atoms with Gasteiger partial charge in [-0.2, -0.15) is 0 Å². The van der Waals surface area contributed by atoms with Crippen LogP contribution in [0.3, 0.4) is 0 Å². The summed E-state index contributed by atoms with van der Waals surface area (Å²) in [7, 11) is 0. The topological polar surface area (TPSA) is 50.4 Å². The molecule has 1 amide bonds. The van der Waals surface area contributed by atoms with Crippen LogP contribution >= 0.6 is 0 Å².